The van der Waals surface area contributed by atoms with E-state index in [1.807, 2.05) is 0 Å². The molecule has 0 saturated carbocycles. The van der Waals surface area contributed by atoms with Crippen LogP contribution in [0, 0.1) is 18.8 Å². The average Bonchev–Trinajstić information content (AvgIpc) is 3.51. The topological polar surface area (TPSA) is 186 Å². The largest absolute Gasteiger partial charge is 0.459 e. The molecule has 3 heterocycles. The predicted octanol–water partition coefficient (Wildman–Crippen LogP) is 1.85. The van der Waals surface area contributed by atoms with Crippen LogP contribution in [-0.2, 0) is 15.5 Å². The summed E-state index contributed by atoms with van der Waals surface area (Å²) in [7, 11) is -0.536. The van der Waals surface area contributed by atoms with Crippen molar-refractivity contribution in [2.45, 2.75) is 25.9 Å². The van der Waals surface area contributed by atoms with E-state index in [0.29, 0.717) is 59.9 Å². The van der Waals surface area contributed by atoms with Gasteiger partial charge in [-0.25, -0.2) is 4.79 Å². The summed E-state index contributed by atoms with van der Waals surface area (Å²) in [6.45, 7) is 2.57. The van der Waals surface area contributed by atoms with Gasteiger partial charge in [0.25, 0.3) is 11.8 Å². The van der Waals surface area contributed by atoms with Crippen molar-refractivity contribution in [3.63, 3.8) is 0 Å². The molecule has 13 nitrogen and oxygen atoms in total. The highest BCUT2D eigenvalue weighted by Crippen LogP contribution is 2.15. The first-order chi connectivity index (χ1) is 22.2. The Kier molecular flexibility index (Phi) is 12.6. The summed E-state index contributed by atoms with van der Waals surface area (Å²) in [5.41, 5.74) is 2.83. The number of nitrogens with one attached hydrogen (secondary N) is 3. The van der Waals surface area contributed by atoms with Gasteiger partial charge < -0.3 is 35.5 Å². The average molecular weight is 649 g/mol. The lowest BCUT2D eigenvalue weighted by atomic mass is 10.1. The standard InChI is InChI=1S/C32H36N6O7S/c1-22-9-13-45-29(22)31(43)36-26-5-2-4-23(17-26)7-8-24-16-25(19-33-18-24)30(42)37-46-14-11-38(12-15-46)32(44)34-10-3-6-28(41)35-20-27(40)21-39/h2,4-5,9,13,16-19,27,39-40H,3,6,10-12,14-15,20-21H2,1H3,(H,34,44)(H,35,41)(H,36,43). The Balaban J connectivity index is 1.24. The van der Waals surface area contributed by atoms with Gasteiger partial charge in [0.05, 0.1) is 24.5 Å². The Labute approximate surface area is 268 Å². The minimum atomic E-state index is -0.993. The summed E-state index contributed by atoms with van der Waals surface area (Å²) in [6.07, 6.45) is 4.10. The zero-order chi connectivity index (χ0) is 32.9. The van der Waals surface area contributed by atoms with Crippen molar-refractivity contribution in [2.24, 2.45) is 4.36 Å². The summed E-state index contributed by atoms with van der Waals surface area (Å²) < 4.78 is 9.61. The fourth-order valence-electron chi connectivity index (χ4n) is 4.29. The Morgan fingerprint density at radius 1 is 1.09 bits per heavy atom. The van der Waals surface area contributed by atoms with E-state index in [4.69, 9.17) is 9.52 Å². The number of carbonyl (C=O) groups is 4. The van der Waals surface area contributed by atoms with Crippen molar-refractivity contribution in [2.75, 3.05) is 49.6 Å². The summed E-state index contributed by atoms with van der Waals surface area (Å²) in [5.74, 6) is 6.41. The Morgan fingerprint density at radius 3 is 2.61 bits per heavy atom. The number of rotatable bonds is 10. The minimum Gasteiger partial charge on any atom is -0.459 e. The molecule has 1 saturated heterocycles. The number of aryl methyl sites for hydroxylation is 1. The molecule has 46 heavy (non-hydrogen) atoms. The first-order valence-corrected chi connectivity index (χ1v) is 16.2. The van der Waals surface area contributed by atoms with Crippen LogP contribution >= 0.6 is 0 Å². The number of furan rings is 1. The molecule has 5 N–H and O–H groups in total. The number of aliphatic hydroxyl groups excluding tert-OH is 2. The van der Waals surface area contributed by atoms with Crippen LogP contribution in [0.5, 0.6) is 0 Å². The summed E-state index contributed by atoms with van der Waals surface area (Å²) in [5, 5.41) is 26.1. The van der Waals surface area contributed by atoms with Gasteiger partial charge in [-0.1, -0.05) is 28.6 Å². The highest BCUT2D eigenvalue weighted by molar-refractivity contribution is 7.87. The maximum atomic E-state index is 12.9. The summed E-state index contributed by atoms with van der Waals surface area (Å²) >= 11 is 0. The van der Waals surface area contributed by atoms with Crippen molar-refractivity contribution in [1.82, 2.24) is 20.5 Å². The Hall–Kier alpha value is -4.84. The number of urea groups is 1. The van der Waals surface area contributed by atoms with Gasteiger partial charge in [-0.2, -0.15) is 4.36 Å². The van der Waals surface area contributed by atoms with Crippen LogP contribution in [0.25, 0.3) is 0 Å². The van der Waals surface area contributed by atoms with E-state index in [2.05, 4.69) is 37.1 Å². The maximum absolute atomic E-state index is 12.9. The van der Waals surface area contributed by atoms with E-state index < -0.39 is 23.4 Å². The third-order valence-electron chi connectivity index (χ3n) is 6.82. The second-order valence-corrected chi connectivity index (χ2v) is 12.3. The van der Waals surface area contributed by atoms with E-state index in [9.17, 15) is 24.3 Å². The van der Waals surface area contributed by atoms with E-state index in [1.165, 1.54) is 12.5 Å². The van der Waals surface area contributed by atoms with Crippen LogP contribution in [-0.4, -0.2) is 94.2 Å². The number of aliphatic hydroxyl groups is 2. The third-order valence-corrected chi connectivity index (χ3v) is 8.55. The molecule has 0 bridgehead atoms. The van der Waals surface area contributed by atoms with Crippen molar-refractivity contribution in [3.05, 3.63) is 83.1 Å². The zero-order valence-electron chi connectivity index (χ0n) is 25.3. The van der Waals surface area contributed by atoms with Crippen LogP contribution < -0.4 is 16.0 Å². The molecule has 1 aliphatic heterocycles. The van der Waals surface area contributed by atoms with Crippen LogP contribution in [0.4, 0.5) is 10.5 Å². The lowest BCUT2D eigenvalue weighted by molar-refractivity contribution is -0.121. The molecular formula is C32H36N6O7S. The molecular weight excluding hydrogens is 612 g/mol. The molecule has 14 heteroatoms. The van der Waals surface area contributed by atoms with E-state index in [-0.39, 0.29) is 42.5 Å². The SMILES string of the molecule is Cc1ccoc1C(=O)Nc1cccc(C#Cc2cncc(C(=O)N=S3CCN(C(=O)NCCCC(=O)NCC(O)CO)CC3)c2)c1. The van der Waals surface area contributed by atoms with Gasteiger partial charge in [0.1, 0.15) is 0 Å². The molecule has 3 aromatic rings. The third kappa shape index (κ3) is 10.4. The molecule has 0 aliphatic carbocycles. The molecule has 1 unspecified atom stereocenters. The van der Waals surface area contributed by atoms with E-state index in [1.54, 1.807) is 54.4 Å². The van der Waals surface area contributed by atoms with Crippen LogP contribution in [0.3, 0.4) is 0 Å². The number of hydrogen-bond acceptors (Lipinski definition) is 8. The number of aromatic nitrogens is 1. The molecule has 242 valence electrons. The lowest BCUT2D eigenvalue weighted by Gasteiger charge is -2.28. The van der Waals surface area contributed by atoms with Crippen molar-refractivity contribution in [1.29, 1.82) is 0 Å². The number of nitrogens with zero attached hydrogens (tertiary/aromatic N) is 3. The smallest absolute Gasteiger partial charge is 0.317 e. The number of amides is 5. The number of hydrogen-bond donors (Lipinski definition) is 5. The Morgan fingerprint density at radius 2 is 1.87 bits per heavy atom. The van der Waals surface area contributed by atoms with Crippen LogP contribution in [0.2, 0.25) is 0 Å². The van der Waals surface area contributed by atoms with Gasteiger partial charge >= 0.3 is 6.03 Å². The van der Waals surface area contributed by atoms with Crippen LogP contribution in [0.1, 0.15) is 50.4 Å². The normalized spacial score (nSPS) is 13.6. The summed E-state index contributed by atoms with van der Waals surface area (Å²) in [4.78, 5) is 55.4. The van der Waals surface area contributed by atoms with Crippen molar-refractivity contribution >= 4 is 40.1 Å². The van der Waals surface area contributed by atoms with Gasteiger partial charge in [0.2, 0.25) is 5.91 Å². The van der Waals surface area contributed by atoms with Gasteiger partial charge in [-0.05, 0) is 43.7 Å². The zero-order valence-corrected chi connectivity index (χ0v) is 26.1. The lowest BCUT2D eigenvalue weighted by Crippen LogP contribution is -2.47. The fourth-order valence-corrected chi connectivity index (χ4v) is 5.88. The predicted molar refractivity (Wildman–Crippen MR) is 172 cm³/mol. The number of pyridine rings is 1. The molecule has 0 spiro atoms. The summed E-state index contributed by atoms with van der Waals surface area (Å²) in [6, 6.07) is 10.2. The quantitative estimate of drug-likeness (QED) is 0.163. The van der Waals surface area contributed by atoms with E-state index >= 15 is 0 Å². The van der Waals surface area contributed by atoms with Crippen molar-refractivity contribution < 1.29 is 33.8 Å². The van der Waals surface area contributed by atoms with E-state index in [0.717, 1.165) is 5.56 Å². The van der Waals surface area contributed by atoms with Crippen molar-refractivity contribution in [3.8, 4) is 11.8 Å². The maximum Gasteiger partial charge on any atom is 0.317 e. The molecule has 5 amide bonds. The molecule has 1 aliphatic rings. The molecule has 0 radical (unpaired) electrons. The minimum absolute atomic E-state index is 0.0205. The second kappa shape index (κ2) is 17.0. The second-order valence-electron chi connectivity index (χ2n) is 10.4. The van der Waals surface area contributed by atoms with Crippen LogP contribution in [0.15, 0.2) is 63.8 Å². The first kappa shape index (κ1) is 34.0. The van der Waals surface area contributed by atoms with Gasteiger partial charge in [-0.3, -0.25) is 19.4 Å². The Bertz CT molecular complexity index is 1650. The molecule has 1 aromatic carbocycles. The first-order valence-electron chi connectivity index (χ1n) is 14.7. The van der Waals surface area contributed by atoms with Gasteiger partial charge in [-0.15, -0.1) is 0 Å². The highest BCUT2D eigenvalue weighted by atomic mass is 32.2. The fraction of sp³-hybridized carbons (Fsp3) is 0.344. The highest BCUT2D eigenvalue weighted by Gasteiger charge is 2.20. The number of carbonyl (C=O) groups excluding carboxylic acids is 4. The van der Waals surface area contributed by atoms with Gasteiger partial charge in [0.15, 0.2) is 5.76 Å². The monoisotopic (exact) mass is 648 g/mol. The molecule has 1 fully saturated rings. The molecule has 4 rings (SSSR count). The number of anilines is 1. The molecule has 1 atom stereocenters. The molecule has 2 aromatic heterocycles. The van der Waals surface area contributed by atoms with Gasteiger partial charge in [0, 0.05) is 78.9 Å². The number of benzene rings is 1.